The zero-order valence-corrected chi connectivity index (χ0v) is 12.4. The van der Waals surface area contributed by atoms with Crippen molar-refractivity contribution in [3.63, 3.8) is 0 Å². The number of methoxy groups -OCH3 is 1. The number of nitrogens with zero attached hydrogens (tertiary/aromatic N) is 3. The predicted molar refractivity (Wildman–Crippen MR) is 72.4 cm³/mol. The molecule has 6 nitrogen and oxygen atoms in total. The number of sulfonamides is 1. The monoisotopic (exact) mass is 295 g/mol. The molecule has 0 saturated carbocycles. The fraction of sp³-hybridized carbons (Fsp3) is 0.538. The smallest absolute Gasteiger partial charge is 0.244 e. The minimum Gasteiger partial charge on any atom is -0.377 e. The highest BCUT2D eigenvalue weighted by atomic mass is 32.2. The van der Waals surface area contributed by atoms with Crippen LogP contribution in [0.3, 0.4) is 0 Å². The Kier molecular flexibility index (Phi) is 4.09. The van der Waals surface area contributed by atoms with Crippen LogP contribution in [0.4, 0.5) is 0 Å². The average Bonchev–Trinajstić information content (AvgIpc) is 2.47. The third-order valence-electron chi connectivity index (χ3n) is 3.61. The van der Waals surface area contributed by atoms with Crippen molar-refractivity contribution in [1.82, 2.24) is 9.29 Å². The zero-order valence-electron chi connectivity index (χ0n) is 11.5. The fourth-order valence-corrected chi connectivity index (χ4v) is 3.82. The lowest BCUT2D eigenvalue weighted by atomic mass is 9.96. The van der Waals surface area contributed by atoms with Gasteiger partial charge in [-0.3, -0.25) is 0 Å². The normalized spacial score (nSPS) is 24.2. The minimum atomic E-state index is -3.59. The zero-order chi connectivity index (χ0) is 14.8. The summed E-state index contributed by atoms with van der Waals surface area (Å²) in [5.74, 6) is 0. The number of nitriles is 1. The molecular weight excluding hydrogens is 278 g/mol. The molecule has 0 spiro atoms. The van der Waals surface area contributed by atoms with Gasteiger partial charge in [-0.25, -0.2) is 13.4 Å². The molecule has 0 aliphatic carbocycles. The molecule has 0 bridgehead atoms. The molecule has 1 unspecified atom stereocenters. The number of hydrogen-bond donors (Lipinski definition) is 0. The summed E-state index contributed by atoms with van der Waals surface area (Å²) in [6.07, 6.45) is 2.82. The van der Waals surface area contributed by atoms with Gasteiger partial charge in [0.15, 0.2) is 0 Å². The lowest BCUT2D eigenvalue weighted by Crippen LogP contribution is -2.49. The highest BCUT2D eigenvalue weighted by Gasteiger charge is 2.37. The molecule has 0 radical (unpaired) electrons. The molecule has 0 amide bonds. The molecule has 2 rings (SSSR count). The highest BCUT2D eigenvalue weighted by molar-refractivity contribution is 7.89. The summed E-state index contributed by atoms with van der Waals surface area (Å²) in [4.78, 5) is 3.92. The van der Waals surface area contributed by atoms with Crippen LogP contribution in [0.15, 0.2) is 23.2 Å². The van der Waals surface area contributed by atoms with Crippen LogP contribution in [0, 0.1) is 11.3 Å². The van der Waals surface area contributed by atoms with Gasteiger partial charge in [-0.2, -0.15) is 9.57 Å². The van der Waals surface area contributed by atoms with Gasteiger partial charge in [0.1, 0.15) is 16.7 Å². The molecule has 108 valence electrons. The van der Waals surface area contributed by atoms with E-state index in [-0.39, 0.29) is 10.6 Å². The van der Waals surface area contributed by atoms with Crippen molar-refractivity contribution in [2.75, 3.05) is 20.2 Å². The summed E-state index contributed by atoms with van der Waals surface area (Å²) in [6.45, 7) is 2.71. The standard InChI is InChI=1S/C13H17N3O3S/c1-13(19-2)6-3-7-16(10-13)20(17,18)12-5-4-11(8-14)15-9-12/h4-5,9H,3,6-7,10H2,1-2H3. The Balaban J connectivity index is 2.27. The van der Waals surface area contributed by atoms with E-state index in [0.29, 0.717) is 13.1 Å². The topological polar surface area (TPSA) is 83.3 Å². The summed E-state index contributed by atoms with van der Waals surface area (Å²) < 4.78 is 31.9. The number of piperidine rings is 1. The molecule has 1 saturated heterocycles. The van der Waals surface area contributed by atoms with Crippen LogP contribution in [0.2, 0.25) is 0 Å². The Morgan fingerprint density at radius 3 is 2.80 bits per heavy atom. The number of aromatic nitrogens is 1. The minimum absolute atomic E-state index is 0.108. The molecule has 20 heavy (non-hydrogen) atoms. The van der Waals surface area contributed by atoms with E-state index in [9.17, 15) is 8.42 Å². The van der Waals surface area contributed by atoms with Crippen molar-refractivity contribution in [2.45, 2.75) is 30.3 Å². The highest BCUT2D eigenvalue weighted by Crippen LogP contribution is 2.28. The summed E-state index contributed by atoms with van der Waals surface area (Å²) in [5.41, 5.74) is -0.255. The quantitative estimate of drug-likeness (QED) is 0.835. The van der Waals surface area contributed by atoms with Crippen molar-refractivity contribution >= 4 is 10.0 Å². The lowest BCUT2D eigenvalue weighted by molar-refractivity contribution is -0.0319. The van der Waals surface area contributed by atoms with Gasteiger partial charge in [0, 0.05) is 26.4 Å². The number of pyridine rings is 1. The van der Waals surface area contributed by atoms with Crippen molar-refractivity contribution < 1.29 is 13.2 Å². The Morgan fingerprint density at radius 1 is 1.50 bits per heavy atom. The van der Waals surface area contributed by atoms with Gasteiger partial charge in [0.25, 0.3) is 0 Å². The second-order valence-electron chi connectivity index (χ2n) is 5.09. The van der Waals surface area contributed by atoms with Crippen LogP contribution in [-0.2, 0) is 14.8 Å². The van der Waals surface area contributed by atoms with E-state index >= 15 is 0 Å². The van der Waals surface area contributed by atoms with E-state index in [1.54, 1.807) is 7.11 Å². The van der Waals surface area contributed by atoms with Crippen molar-refractivity contribution in [2.24, 2.45) is 0 Å². The first-order valence-electron chi connectivity index (χ1n) is 6.33. The van der Waals surface area contributed by atoms with Crippen LogP contribution in [-0.4, -0.2) is 43.5 Å². The first kappa shape index (κ1) is 14.9. The summed E-state index contributed by atoms with van der Waals surface area (Å²) in [5, 5.41) is 8.69. The van der Waals surface area contributed by atoms with Crippen LogP contribution >= 0.6 is 0 Å². The molecule has 1 aromatic heterocycles. The number of hydrogen-bond acceptors (Lipinski definition) is 5. The van der Waals surface area contributed by atoms with E-state index in [1.165, 1.54) is 22.6 Å². The lowest BCUT2D eigenvalue weighted by Gasteiger charge is -2.38. The molecule has 1 fully saturated rings. The number of rotatable bonds is 3. The van der Waals surface area contributed by atoms with Crippen LogP contribution < -0.4 is 0 Å². The van der Waals surface area contributed by atoms with Crippen LogP contribution in [0.5, 0.6) is 0 Å². The van der Waals surface area contributed by atoms with Gasteiger partial charge in [0.05, 0.1) is 5.60 Å². The molecule has 2 heterocycles. The summed E-state index contributed by atoms with van der Waals surface area (Å²) in [6, 6.07) is 4.69. The van der Waals surface area contributed by atoms with Crippen LogP contribution in [0.25, 0.3) is 0 Å². The maximum absolute atomic E-state index is 12.5. The molecule has 1 aliphatic rings. The second-order valence-corrected chi connectivity index (χ2v) is 7.03. The largest absolute Gasteiger partial charge is 0.377 e. The molecule has 7 heteroatoms. The van der Waals surface area contributed by atoms with Gasteiger partial charge < -0.3 is 4.74 Å². The van der Waals surface area contributed by atoms with Crippen molar-refractivity contribution in [1.29, 1.82) is 5.26 Å². The number of ether oxygens (including phenoxy) is 1. The Labute approximate surface area is 119 Å². The molecule has 0 aromatic carbocycles. The van der Waals surface area contributed by atoms with E-state index < -0.39 is 15.6 Å². The van der Waals surface area contributed by atoms with Crippen molar-refractivity contribution in [3.05, 3.63) is 24.0 Å². The first-order valence-corrected chi connectivity index (χ1v) is 7.77. The molecule has 1 aliphatic heterocycles. The second kappa shape index (κ2) is 5.48. The van der Waals surface area contributed by atoms with E-state index in [0.717, 1.165) is 12.8 Å². The molecule has 0 N–H and O–H groups in total. The van der Waals surface area contributed by atoms with E-state index in [2.05, 4.69) is 4.98 Å². The SMILES string of the molecule is COC1(C)CCCN(S(=O)(=O)c2ccc(C#N)nc2)C1. The molecular formula is C13H17N3O3S. The van der Waals surface area contributed by atoms with Gasteiger partial charge in [-0.15, -0.1) is 0 Å². The van der Waals surface area contributed by atoms with Gasteiger partial charge in [-0.05, 0) is 31.9 Å². The van der Waals surface area contributed by atoms with E-state index in [4.69, 9.17) is 10.00 Å². The van der Waals surface area contributed by atoms with E-state index in [1.807, 2.05) is 13.0 Å². The van der Waals surface area contributed by atoms with Crippen LogP contribution in [0.1, 0.15) is 25.5 Å². The Morgan fingerprint density at radius 2 is 2.25 bits per heavy atom. The molecule has 1 aromatic rings. The third kappa shape index (κ3) is 2.82. The van der Waals surface area contributed by atoms with Gasteiger partial charge in [0.2, 0.25) is 10.0 Å². The summed E-state index contributed by atoms with van der Waals surface area (Å²) in [7, 11) is -1.99. The average molecular weight is 295 g/mol. The maximum Gasteiger partial charge on any atom is 0.244 e. The molecule has 1 atom stereocenters. The third-order valence-corrected chi connectivity index (χ3v) is 5.43. The first-order chi connectivity index (χ1) is 9.41. The van der Waals surface area contributed by atoms with Gasteiger partial charge >= 0.3 is 0 Å². The Bertz CT molecular complexity index is 621. The van der Waals surface area contributed by atoms with Crippen molar-refractivity contribution in [3.8, 4) is 6.07 Å². The summed E-state index contributed by atoms with van der Waals surface area (Å²) >= 11 is 0. The van der Waals surface area contributed by atoms with Gasteiger partial charge in [-0.1, -0.05) is 0 Å². The maximum atomic E-state index is 12.5. The Hall–Kier alpha value is -1.49. The predicted octanol–water partition coefficient (Wildman–Crippen LogP) is 1.14. The fourth-order valence-electron chi connectivity index (χ4n) is 2.28.